The van der Waals surface area contributed by atoms with Crippen LogP contribution in [0.15, 0.2) is 6.33 Å². The third-order valence-electron chi connectivity index (χ3n) is 2.81. The highest BCUT2D eigenvalue weighted by Crippen LogP contribution is 2.28. The Balaban J connectivity index is 2.10. The number of nitrogens with one attached hydrogen (secondary N) is 1. The monoisotopic (exact) mass is 322 g/mol. The molecule has 0 bridgehead atoms. The van der Waals surface area contributed by atoms with Crippen molar-refractivity contribution in [3.05, 3.63) is 12.2 Å². The summed E-state index contributed by atoms with van der Waals surface area (Å²) < 4.78 is 29.8. The fourth-order valence-electron chi connectivity index (χ4n) is 1.83. The number of ether oxygens (including phenoxy) is 1. The van der Waals surface area contributed by atoms with E-state index in [1.165, 1.54) is 0 Å². The van der Waals surface area contributed by atoms with E-state index in [1.54, 1.807) is 0 Å². The van der Waals surface area contributed by atoms with Gasteiger partial charge in [-0.3, -0.25) is 4.79 Å². The number of nitrogens with zero attached hydrogens (tertiary/aromatic N) is 3. The van der Waals surface area contributed by atoms with E-state index in [0.717, 1.165) is 11.0 Å². The fourth-order valence-corrected chi connectivity index (χ4v) is 2.22. The van der Waals surface area contributed by atoms with Crippen molar-refractivity contribution in [2.45, 2.75) is 24.5 Å². The molecule has 118 valence electrons. The summed E-state index contributed by atoms with van der Waals surface area (Å²) in [7, 11) is -3.96. The fraction of sp³-hybridized carbons (Fsp3) is 0.625. The molecular weight excluding hydrogens is 308 g/mol. The van der Waals surface area contributed by atoms with E-state index in [1.807, 2.05) is 4.72 Å². The second-order valence-corrected chi connectivity index (χ2v) is 5.73. The largest absolute Gasteiger partial charge is 0.387 e. The number of amides is 1. The molecule has 1 saturated heterocycles. The molecule has 1 unspecified atom stereocenters. The number of aliphatic hydroxyl groups excluding tert-OH is 2. The first-order valence-corrected chi connectivity index (χ1v) is 7.23. The quantitative estimate of drug-likeness (QED) is 0.359. The van der Waals surface area contributed by atoms with Gasteiger partial charge in [0.05, 0.1) is 0 Å². The number of carbonyl (C=O) groups is 1. The molecule has 1 amide bonds. The number of carbonyl (C=O) groups excluding carboxylic acids is 1. The Morgan fingerprint density at radius 1 is 1.48 bits per heavy atom. The van der Waals surface area contributed by atoms with E-state index >= 15 is 0 Å². The molecule has 1 aliphatic heterocycles. The van der Waals surface area contributed by atoms with Gasteiger partial charge >= 0.3 is 0 Å². The Kier molecular flexibility index (Phi) is 4.22. The molecule has 1 aliphatic rings. The Labute approximate surface area is 118 Å². The number of nitrogens with two attached hydrogens (primary N) is 2. The SMILES string of the molecule is NC(=O)c1ncn([C@@H]2OC(CNS(N)(=O)=O)[C@@H](O)[C@H]2O)n1. The number of aliphatic hydroxyl groups is 2. The zero-order valence-corrected chi connectivity index (χ0v) is 11.3. The van der Waals surface area contributed by atoms with Gasteiger partial charge in [0.15, 0.2) is 6.23 Å². The molecule has 7 N–H and O–H groups in total. The molecule has 1 aromatic heterocycles. The minimum atomic E-state index is -3.96. The first kappa shape index (κ1) is 15.7. The van der Waals surface area contributed by atoms with Crippen LogP contribution in [-0.4, -0.2) is 64.2 Å². The van der Waals surface area contributed by atoms with Crippen molar-refractivity contribution in [2.75, 3.05) is 6.54 Å². The van der Waals surface area contributed by atoms with Gasteiger partial charge in [0.2, 0.25) is 5.82 Å². The van der Waals surface area contributed by atoms with Gasteiger partial charge in [-0.1, -0.05) is 0 Å². The molecule has 0 aliphatic carbocycles. The van der Waals surface area contributed by atoms with Gasteiger partial charge in [-0.2, -0.15) is 13.1 Å². The molecule has 2 heterocycles. The molecule has 0 spiro atoms. The summed E-state index contributed by atoms with van der Waals surface area (Å²) in [6.07, 6.45) is -3.89. The molecule has 0 saturated carbocycles. The van der Waals surface area contributed by atoms with Crippen LogP contribution < -0.4 is 15.6 Å². The molecule has 13 heteroatoms. The lowest BCUT2D eigenvalue weighted by Gasteiger charge is -2.14. The summed E-state index contributed by atoms with van der Waals surface area (Å²) in [5.41, 5.74) is 4.99. The van der Waals surface area contributed by atoms with Crippen LogP contribution in [0, 0.1) is 0 Å². The summed E-state index contributed by atoms with van der Waals surface area (Å²) in [4.78, 5) is 14.5. The Morgan fingerprint density at radius 2 is 2.14 bits per heavy atom. The highest BCUT2D eigenvalue weighted by atomic mass is 32.2. The summed E-state index contributed by atoms with van der Waals surface area (Å²) in [5.74, 6) is -1.15. The van der Waals surface area contributed by atoms with Crippen LogP contribution in [0.3, 0.4) is 0 Å². The van der Waals surface area contributed by atoms with Gasteiger partial charge in [-0.05, 0) is 0 Å². The van der Waals surface area contributed by atoms with Crippen molar-refractivity contribution in [1.82, 2.24) is 19.5 Å². The molecule has 4 atom stereocenters. The molecular formula is C8H14N6O6S. The summed E-state index contributed by atoms with van der Waals surface area (Å²) >= 11 is 0. The third kappa shape index (κ3) is 3.52. The van der Waals surface area contributed by atoms with E-state index in [9.17, 15) is 23.4 Å². The highest BCUT2D eigenvalue weighted by Gasteiger charge is 2.44. The van der Waals surface area contributed by atoms with Crippen molar-refractivity contribution in [3.8, 4) is 0 Å². The van der Waals surface area contributed by atoms with E-state index in [-0.39, 0.29) is 12.4 Å². The lowest BCUT2D eigenvalue weighted by molar-refractivity contribution is -0.0428. The molecule has 21 heavy (non-hydrogen) atoms. The van der Waals surface area contributed by atoms with Gasteiger partial charge in [-0.15, -0.1) is 5.10 Å². The average Bonchev–Trinajstić information content (AvgIpc) is 2.94. The summed E-state index contributed by atoms with van der Waals surface area (Å²) in [5, 5.41) is 28.1. The van der Waals surface area contributed by atoms with Crippen LogP contribution >= 0.6 is 0 Å². The standard InChI is InChI=1S/C8H14N6O6S/c9-6(17)7-11-2-14(13-7)8-5(16)4(15)3(20-8)1-12-21(10,18)19/h2-5,8,12,15-16H,1H2,(H2,9,17)(H2,10,18,19)/t3?,4-,5-,8-/m1/s1. The van der Waals surface area contributed by atoms with Gasteiger partial charge < -0.3 is 20.7 Å². The smallest absolute Gasteiger partial charge is 0.288 e. The number of primary amides is 1. The van der Waals surface area contributed by atoms with Crippen LogP contribution in [0.2, 0.25) is 0 Å². The van der Waals surface area contributed by atoms with Crippen molar-refractivity contribution in [1.29, 1.82) is 0 Å². The molecule has 1 fully saturated rings. The lowest BCUT2D eigenvalue weighted by Crippen LogP contribution is -2.42. The highest BCUT2D eigenvalue weighted by molar-refractivity contribution is 7.87. The van der Waals surface area contributed by atoms with E-state index in [0.29, 0.717) is 0 Å². The lowest BCUT2D eigenvalue weighted by atomic mass is 10.1. The van der Waals surface area contributed by atoms with E-state index in [2.05, 4.69) is 10.1 Å². The van der Waals surface area contributed by atoms with E-state index < -0.39 is 40.7 Å². The molecule has 0 aromatic carbocycles. The van der Waals surface area contributed by atoms with Crippen LogP contribution in [0.4, 0.5) is 0 Å². The topological polar surface area (TPSA) is 196 Å². The van der Waals surface area contributed by atoms with E-state index in [4.69, 9.17) is 15.6 Å². The predicted molar refractivity (Wildman–Crippen MR) is 65.6 cm³/mol. The second-order valence-electron chi connectivity index (χ2n) is 4.35. The zero-order chi connectivity index (χ0) is 15.8. The molecule has 2 rings (SSSR count). The van der Waals surface area contributed by atoms with Crippen molar-refractivity contribution >= 4 is 16.1 Å². The molecule has 0 radical (unpaired) electrons. The summed E-state index contributed by atoms with van der Waals surface area (Å²) in [6.45, 7) is -0.342. The Hall–Kier alpha value is -1.64. The van der Waals surface area contributed by atoms with Gasteiger partial charge in [0.25, 0.3) is 16.1 Å². The number of aromatic nitrogens is 3. The zero-order valence-electron chi connectivity index (χ0n) is 10.5. The van der Waals surface area contributed by atoms with Crippen LogP contribution in [0.5, 0.6) is 0 Å². The van der Waals surface area contributed by atoms with Gasteiger partial charge in [0.1, 0.15) is 24.6 Å². The Bertz CT molecular complexity index is 631. The first-order valence-electron chi connectivity index (χ1n) is 5.69. The maximum absolute atomic E-state index is 10.9. The third-order valence-corrected chi connectivity index (χ3v) is 3.38. The maximum atomic E-state index is 10.9. The predicted octanol–water partition coefficient (Wildman–Crippen LogP) is -4.21. The van der Waals surface area contributed by atoms with Crippen molar-refractivity contribution < 1.29 is 28.2 Å². The summed E-state index contributed by atoms with van der Waals surface area (Å²) in [6, 6.07) is 0. The second kappa shape index (κ2) is 5.63. The molecule has 1 aromatic rings. The van der Waals surface area contributed by atoms with Gasteiger partial charge in [-0.25, -0.2) is 14.8 Å². The van der Waals surface area contributed by atoms with Crippen LogP contribution in [-0.2, 0) is 14.9 Å². The van der Waals surface area contributed by atoms with Gasteiger partial charge in [0, 0.05) is 6.54 Å². The number of rotatable bonds is 5. The Morgan fingerprint density at radius 3 is 2.67 bits per heavy atom. The van der Waals surface area contributed by atoms with Crippen LogP contribution in [0.25, 0.3) is 0 Å². The van der Waals surface area contributed by atoms with Crippen molar-refractivity contribution in [2.24, 2.45) is 10.9 Å². The normalized spacial score (nSPS) is 29.7. The van der Waals surface area contributed by atoms with Crippen molar-refractivity contribution in [3.63, 3.8) is 0 Å². The number of hydrogen-bond donors (Lipinski definition) is 5. The average molecular weight is 322 g/mol. The van der Waals surface area contributed by atoms with Crippen LogP contribution in [0.1, 0.15) is 16.8 Å². The molecule has 12 nitrogen and oxygen atoms in total. The first-order chi connectivity index (χ1) is 9.69. The minimum Gasteiger partial charge on any atom is -0.387 e. The minimum absolute atomic E-state index is 0.286. The maximum Gasteiger partial charge on any atom is 0.288 e. The number of hydrogen-bond acceptors (Lipinski definition) is 8.